The number of para-hydroxylation sites is 2. The Balaban J connectivity index is 1.50. The Bertz CT molecular complexity index is 1800. The number of rotatable bonds is 7. The van der Waals surface area contributed by atoms with Gasteiger partial charge in [0.15, 0.2) is 0 Å². The van der Waals surface area contributed by atoms with Gasteiger partial charge in [0, 0.05) is 46.0 Å². The van der Waals surface area contributed by atoms with Crippen molar-refractivity contribution in [1.82, 2.24) is 14.9 Å². The van der Waals surface area contributed by atoms with Crippen LogP contribution in [0.25, 0.3) is 21.8 Å². The average Bonchev–Trinajstić information content (AvgIpc) is 3.36. The maximum atomic E-state index is 14.0. The van der Waals surface area contributed by atoms with Crippen molar-refractivity contribution in [3.05, 3.63) is 110 Å². The second-order valence-electron chi connectivity index (χ2n) is 11.1. The van der Waals surface area contributed by atoms with Gasteiger partial charge in [-0.3, -0.25) is 9.59 Å². The number of H-pyrrole nitrogens is 1. The summed E-state index contributed by atoms with van der Waals surface area (Å²) in [5.74, 6) is -0.343. The van der Waals surface area contributed by atoms with Crippen LogP contribution in [0.3, 0.4) is 0 Å². The van der Waals surface area contributed by atoms with Crippen LogP contribution in [0.15, 0.2) is 82.1 Å². The van der Waals surface area contributed by atoms with Crippen molar-refractivity contribution in [1.29, 1.82) is 0 Å². The van der Waals surface area contributed by atoms with E-state index in [-0.39, 0.29) is 23.1 Å². The molecule has 5 aromatic rings. The number of aromatic hydroxyl groups is 1. The molecule has 6 rings (SSSR count). The minimum Gasteiger partial charge on any atom is -0.507 e. The molecular formula is C34H34BrN3O3. The molecule has 1 aliphatic carbocycles. The number of benzene rings is 3. The number of pyridine rings is 1. The monoisotopic (exact) mass is 611 g/mol. The maximum Gasteiger partial charge on any atom is 0.258 e. The molecule has 1 saturated carbocycles. The van der Waals surface area contributed by atoms with Crippen molar-refractivity contribution in [3.63, 3.8) is 0 Å². The Hall–Kier alpha value is -3.84. The fourth-order valence-corrected chi connectivity index (χ4v) is 6.90. The number of nitrogens with one attached hydrogen (secondary N) is 2. The van der Waals surface area contributed by atoms with Gasteiger partial charge < -0.3 is 20.0 Å². The zero-order valence-electron chi connectivity index (χ0n) is 23.1. The number of aryl methyl sites for hydroxylation is 1. The number of carbonyl (C=O) groups is 1. The quantitative estimate of drug-likeness (QED) is 0.187. The highest BCUT2D eigenvalue weighted by molar-refractivity contribution is 9.10. The molecule has 1 fully saturated rings. The minimum atomic E-state index is -0.563. The van der Waals surface area contributed by atoms with Crippen LogP contribution in [0.4, 0.5) is 0 Å². The minimum absolute atomic E-state index is 0.0103. The lowest BCUT2D eigenvalue weighted by Gasteiger charge is -2.23. The zero-order valence-corrected chi connectivity index (χ0v) is 24.7. The molecule has 6 nitrogen and oxygen atoms in total. The molecule has 1 aliphatic rings. The van der Waals surface area contributed by atoms with E-state index >= 15 is 0 Å². The smallest absolute Gasteiger partial charge is 0.258 e. The summed E-state index contributed by atoms with van der Waals surface area (Å²) in [6.45, 7) is 0.497. The molecule has 210 valence electrons. The fraction of sp³-hybridized carbons (Fsp3) is 0.294. The van der Waals surface area contributed by atoms with E-state index in [1.54, 1.807) is 11.6 Å². The second-order valence-corrected chi connectivity index (χ2v) is 12.0. The number of nitrogens with zero attached hydrogens (tertiary/aromatic N) is 1. The predicted octanol–water partition coefficient (Wildman–Crippen LogP) is 6.91. The average molecular weight is 613 g/mol. The summed E-state index contributed by atoms with van der Waals surface area (Å²) in [5.41, 5.74) is 4.45. The number of carbonyl (C=O) groups excluding carboxylic acids is 1. The van der Waals surface area contributed by atoms with Crippen LogP contribution < -0.4 is 10.9 Å². The van der Waals surface area contributed by atoms with Crippen LogP contribution in [0.2, 0.25) is 0 Å². The number of halogens is 1. The standard InChI is InChI=1S/C34H34BrN3O3/c1-38-28-17-8-6-15-26(28)32(39)30(34(38)41)29(22-12-9-13-23(35)20-22)31-25(24-14-5-7-16-27(24)37-31)18-19-36-33(40)21-10-3-2-4-11-21/h5-9,12-17,20-21,29,37,39H,2-4,10-11,18-19H2,1H3,(H,36,40). The molecule has 1 amide bonds. The number of hydrogen-bond donors (Lipinski definition) is 3. The van der Waals surface area contributed by atoms with E-state index in [1.165, 1.54) is 6.42 Å². The summed E-state index contributed by atoms with van der Waals surface area (Å²) in [5, 5.41) is 16.5. The fourth-order valence-electron chi connectivity index (χ4n) is 6.48. The summed E-state index contributed by atoms with van der Waals surface area (Å²) in [4.78, 5) is 30.6. The van der Waals surface area contributed by atoms with Crippen LogP contribution in [0, 0.1) is 5.92 Å². The van der Waals surface area contributed by atoms with Gasteiger partial charge in [-0.1, -0.05) is 77.7 Å². The molecule has 2 aromatic heterocycles. The summed E-state index contributed by atoms with van der Waals surface area (Å²) in [6, 6.07) is 23.4. The van der Waals surface area contributed by atoms with Gasteiger partial charge in [-0.2, -0.15) is 0 Å². The predicted molar refractivity (Wildman–Crippen MR) is 168 cm³/mol. The van der Waals surface area contributed by atoms with Gasteiger partial charge in [0.2, 0.25) is 5.91 Å². The van der Waals surface area contributed by atoms with Gasteiger partial charge in [-0.15, -0.1) is 0 Å². The highest BCUT2D eigenvalue weighted by atomic mass is 79.9. The Labute approximate surface area is 247 Å². The number of hydrogen-bond acceptors (Lipinski definition) is 3. The lowest BCUT2D eigenvalue weighted by atomic mass is 9.85. The Morgan fingerprint density at radius 1 is 1.02 bits per heavy atom. The molecule has 0 bridgehead atoms. The molecule has 41 heavy (non-hydrogen) atoms. The summed E-state index contributed by atoms with van der Waals surface area (Å²) < 4.78 is 2.50. The van der Waals surface area contributed by atoms with Gasteiger partial charge in [-0.25, -0.2) is 0 Å². The molecule has 7 heteroatoms. The number of fused-ring (bicyclic) bond motifs is 2. The van der Waals surface area contributed by atoms with Crippen molar-refractivity contribution in [3.8, 4) is 5.75 Å². The van der Waals surface area contributed by atoms with E-state index in [2.05, 4.69) is 32.3 Å². The number of amides is 1. The third-order valence-corrected chi connectivity index (χ3v) is 9.06. The molecule has 2 heterocycles. The molecule has 1 atom stereocenters. The first-order valence-corrected chi connectivity index (χ1v) is 15.2. The van der Waals surface area contributed by atoms with Crippen LogP contribution in [0.1, 0.15) is 60.4 Å². The molecule has 0 aliphatic heterocycles. The van der Waals surface area contributed by atoms with Gasteiger partial charge in [0.25, 0.3) is 5.56 Å². The first-order valence-electron chi connectivity index (χ1n) is 14.4. The Morgan fingerprint density at radius 2 is 1.76 bits per heavy atom. The Morgan fingerprint density at radius 3 is 2.54 bits per heavy atom. The molecule has 1 unspecified atom stereocenters. The summed E-state index contributed by atoms with van der Waals surface area (Å²) >= 11 is 3.61. The van der Waals surface area contributed by atoms with Gasteiger partial charge in [0.1, 0.15) is 5.75 Å². The van der Waals surface area contributed by atoms with Crippen molar-refractivity contribution < 1.29 is 9.90 Å². The largest absolute Gasteiger partial charge is 0.507 e. The van der Waals surface area contributed by atoms with Gasteiger partial charge in [0.05, 0.1) is 17.0 Å². The first-order chi connectivity index (χ1) is 19.9. The van der Waals surface area contributed by atoms with E-state index < -0.39 is 5.92 Å². The molecule has 0 saturated heterocycles. The van der Waals surface area contributed by atoms with Gasteiger partial charge in [-0.05, 0) is 60.7 Å². The van der Waals surface area contributed by atoms with E-state index in [4.69, 9.17) is 0 Å². The number of aromatic nitrogens is 2. The maximum absolute atomic E-state index is 14.0. The molecule has 0 radical (unpaired) electrons. The van der Waals surface area contributed by atoms with E-state index in [0.717, 1.165) is 57.9 Å². The third kappa shape index (κ3) is 5.19. The van der Waals surface area contributed by atoms with Crippen LogP contribution in [-0.4, -0.2) is 27.1 Å². The third-order valence-electron chi connectivity index (χ3n) is 8.57. The van der Waals surface area contributed by atoms with Crippen LogP contribution in [0.5, 0.6) is 5.75 Å². The van der Waals surface area contributed by atoms with E-state index in [0.29, 0.717) is 29.4 Å². The second kappa shape index (κ2) is 11.6. The highest BCUT2D eigenvalue weighted by Gasteiger charge is 2.30. The van der Waals surface area contributed by atoms with Crippen LogP contribution >= 0.6 is 15.9 Å². The molecule has 3 aromatic carbocycles. The number of aromatic amines is 1. The highest BCUT2D eigenvalue weighted by Crippen LogP contribution is 2.41. The van der Waals surface area contributed by atoms with E-state index in [1.807, 2.05) is 66.7 Å². The molecular weight excluding hydrogens is 578 g/mol. The van der Waals surface area contributed by atoms with E-state index in [9.17, 15) is 14.7 Å². The van der Waals surface area contributed by atoms with Gasteiger partial charge >= 0.3 is 0 Å². The zero-order chi connectivity index (χ0) is 28.5. The summed E-state index contributed by atoms with van der Waals surface area (Å²) in [7, 11) is 1.75. The molecule has 0 spiro atoms. The lowest BCUT2D eigenvalue weighted by molar-refractivity contribution is -0.125. The van der Waals surface area contributed by atoms with Crippen molar-refractivity contribution in [2.24, 2.45) is 13.0 Å². The SMILES string of the molecule is Cn1c(=O)c(C(c2cccc(Br)c2)c2[nH]c3ccccc3c2CCNC(=O)C2CCCCC2)c(O)c2ccccc21. The van der Waals surface area contributed by atoms with Crippen molar-refractivity contribution in [2.75, 3.05) is 6.54 Å². The molecule has 3 N–H and O–H groups in total. The first kappa shape index (κ1) is 27.3. The van der Waals surface area contributed by atoms with Crippen molar-refractivity contribution in [2.45, 2.75) is 44.4 Å². The topological polar surface area (TPSA) is 87.1 Å². The normalized spacial score (nSPS) is 14.9. The lowest BCUT2D eigenvalue weighted by Crippen LogP contribution is -2.33. The summed E-state index contributed by atoms with van der Waals surface area (Å²) in [6.07, 6.45) is 5.95. The van der Waals surface area contributed by atoms with Crippen LogP contribution in [-0.2, 0) is 18.3 Å². The van der Waals surface area contributed by atoms with Crippen molar-refractivity contribution >= 4 is 43.6 Å². The Kier molecular flexibility index (Phi) is 7.71.